The summed E-state index contributed by atoms with van der Waals surface area (Å²) in [7, 11) is -1.44. The summed E-state index contributed by atoms with van der Waals surface area (Å²) in [4.78, 5) is 0. The maximum Gasteiger partial charge on any atom is 0.261 e. The van der Waals surface area contributed by atoms with Gasteiger partial charge in [0.1, 0.15) is 0 Å². The smallest absolute Gasteiger partial charge is 0.261 e. The highest BCUT2D eigenvalue weighted by Crippen LogP contribution is 2.43. The van der Waals surface area contributed by atoms with E-state index < -0.39 is 7.37 Å². The molecule has 1 unspecified atom stereocenters. The second kappa shape index (κ2) is 6.74. The minimum absolute atomic E-state index is 0. The Morgan fingerprint density at radius 1 is 1.00 bits per heavy atom. The number of hydrogen-bond donors (Lipinski definition) is 0. The Morgan fingerprint density at radius 3 is 2.21 bits per heavy atom. The molecule has 0 saturated heterocycles. The third-order valence-corrected chi connectivity index (χ3v) is 5.46. The molecule has 2 aromatic rings. The Balaban J connectivity index is 0.00000180. The molecular weight excluding hydrogens is 254 g/mol. The van der Waals surface area contributed by atoms with Crippen LogP contribution in [0.3, 0.4) is 0 Å². The van der Waals surface area contributed by atoms with Crippen LogP contribution in [0.15, 0.2) is 54.6 Å². The third kappa shape index (κ3) is 3.18. The Labute approximate surface area is 116 Å². The van der Waals surface area contributed by atoms with Gasteiger partial charge in [-0.05, 0) is 36.2 Å². The van der Waals surface area contributed by atoms with Crippen LogP contribution in [-0.4, -0.2) is 15.5 Å². The van der Waals surface area contributed by atoms with Gasteiger partial charge in [0.25, 0.3) is 7.37 Å². The zero-order valence-electron chi connectivity index (χ0n) is 10.7. The van der Waals surface area contributed by atoms with Crippen molar-refractivity contribution >= 4 is 26.4 Å². The Bertz CT molecular complexity index is 569. The second-order valence-electron chi connectivity index (χ2n) is 4.09. The normalized spacial score (nSPS) is 13.4. The maximum absolute atomic E-state index is 13.0. The lowest BCUT2D eigenvalue weighted by Crippen LogP contribution is -2.17. The van der Waals surface area contributed by atoms with Gasteiger partial charge < -0.3 is 4.52 Å². The summed E-state index contributed by atoms with van der Waals surface area (Å²) in [6.45, 7) is 2.08. The number of hydrogen-bond acceptors (Lipinski definition) is 2. The van der Waals surface area contributed by atoms with Crippen LogP contribution in [-0.2, 0) is 15.5 Å². The molecule has 2 aromatic carbocycles. The van der Waals surface area contributed by atoms with E-state index in [4.69, 9.17) is 4.52 Å². The summed E-state index contributed by atoms with van der Waals surface area (Å²) in [6, 6.07) is 17.2. The summed E-state index contributed by atoms with van der Waals surface area (Å²) >= 11 is 0. The van der Waals surface area contributed by atoms with Crippen molar-refractivity contribution in [2.24, 2.45) is 0 Å². The molecule has 0 heterocycles. The molecule has 0 N–H and O–H groups in total. The lowest BCUT2D eigenvalue weighted by molar-refractivity contribution is 0.412. The first kappa shape index (κ1) is 15.8. The summed E-state index contributed by atoms with van der Waals surface area (Å²) in [6.07, 6.45) is 0.923. The van der Waals surface area contributed by atoms with E-state index in [1.54, 1.807) is 0 Å². The van der Waals surface area contributed by atoms with Gasteiger partial charge in [-0.1, -0.05) is 37.3 Å². The van der Waals surface area contributed by atoms with Gasteiger partial charge in [-0.2, -0.15) is 0 Å². The van der Waals surface area contributed by atoms with E-state index in [9.17, 15) is 4.57 Å². The minimum atomic E-state index is -2.95. The van der Waals surface area contributed by atoms with E-state index in [1.807, 2.05) is 54.6 Å². The third-order valence-electron chi connectivity index (χ3n) is 3.01. The minimum Gasteiger partial charge on any atom is -0.325 e. The quantitative estimate of drug-likeness (QED) is 0.629. The van der Waals surface area contributed by atoms with E-state index in [0.717, 1.165) is 17.0 Å². The monoisotopic (exact) mass is 274 g/mol. The fraction of sp³-hybridized carbons (Fsp3) is 0.200. The molecule has 2 rings (SSSR count). The molecule has 0 radical (unpaired) electrons. The molecule has 0 aliphatic rings. The molecule has 4 heteroatoms. The van der Waals surface area contributed by atoms with Crippen molar-refractivity contribution in [2.45, 2.75) is 13.3 Å². The Kier molecular flexibility index (Phi) is 5.59. The molecule has 1 atom stereocenters. The van der Waals surface area contributed by atoms with Crippen LogP contribution in [0.25, 0.3) is 0 Å². The van der Waals surface area contributed by atoms with E-state index in [2.05, 4.69) is 6.92 Å². The highest BCUT2D eigenvalue weighted by atomic mass is 31.2. The van der Waals surface area contributed by atoms with Crippen LogP contribution in [0, 0.1) is 0 Å². The van der Waals surface area contributed by atoms with Gasteiger partial charge in [0.2, 0.25) is 0 Å². The van der Waals surface area contributed by atoms with Crippen molar-refractivity contribution in [3.63, 3.8) is 0 Å². The molecule has 0 fully saturated rings. The van der Waals surface area contributed by atoms with Crippen molar-refractivity contribution in [2.75, 3.05) is 7.11 Å². The average Bonchev–Trinajstić information content (AvgIpc) is 2.47. The fourth-order valence-corrected chi connectivity index (χ4v) is 3.85. The Hall–Kier alpha value is -1.31. The van der Waals surface area contributed by atoms with Gasteiger partial charge >= 0.3 is 0 Å². The first-order valence-electron chi connectivity index (χ1n) is 6.01. The van der Waals surface area contributed by atoms with Crippen LogP contribution >= 0.6 is 7.37 Å². The molecule has 0 saturated carbocycles. The van der Waals surface area contributed by atoms with Crippen molar-refractivity contribution in [3.8, 4) is 0 Å². The molecule has 0 aliphatic carbocycles. The van der Waals surface area contributed by atoms with Crippen LogP contribution in [0.4, 0.5) is 0 Å². The summed E-state index contributed by atoms with van der Waals surface area (Å²) in [5, 5.41) is 1.50. The highest BCUT2D eigenvalue weighted by Gasteiger charge is 2.26. The SMILES string of the molecule is B.CCc1cccc(P(=O)(OC)c2ccccc2)c1. The van der Waals surface area contributed by atoms with Crippen molar-refractivity contribution in [1.29, 1.82) is 0 Å². The first-order valence-corrected chi connectivity index (χ1v) is 7.64. The Morgan fingerprint density at radius 2 is 1.63 bits per heavy atom. The van der Waals surface area contributed by atoms with Crippen LogP contribution in [0.5, 0.6) is 0 Å². The van der Waals surface area contributed by atoms with Crippen LogP contribution < -0.4 is 10.6 Å². The molecule has 0 aliphatic heterocycles. The molecule has 0 amide bonds. The molecule has 0 aromatic heterocycles. The van der Waals surface area contributed by atoms with E-state index in [-0.39, 0.29) is 8.41 Å². The number of benzene rings is 2. The van der Waals surface area contributed by atoms with Crippen molar-refractivity contribution < 1.29 is 9.09 Å². The summed E-state index contributed by atoms with van der Waals surface area (Å²) in [5.74, 6) is 0. The van der Waals surface area contributed by atoms with Crippen molar-refractivity contribution in [3.05, 3.63) is 60.2 Å². The van der Waals surface area contributed by atoms with Crippen LogP contribution in [0.1, 0.15) is 12.5 Å². The zero-order chi connectivity index (χ0) is 13.0. The van der Waals surface area contributed by atoms with Crippen molar-refractivity contribution in [1.82, 2.24) is 0 Å². The lowest BCUT2D eigenvalue weighted by Gasteiger charge is -2.17. The van der Waals surface area contributed by atoms with Crippen LogP contribution in [0.2, 0.25) is 0 Å². The number of aryl methyl sites for hydroxylation is 1. The standard InChI is InChI=1S/C15H17O2P.BH3/c1-3-13-8-7-11-15(12-13)18(16,17-2)14-9-5-4-6-10-14;/h4-12H,3H2,1-2H3;1H3. The summed E-state index contributed by atoms with van der Waals surface area (Å²) in [5.41, 5.74) is 1.17. The van der Waals surface area contributed by atoms with E-state index in [0.29, 0.717) is 0 Å². The number of rotatable bonds is 4. The van der Waals surface area contributed by atoms with E-state index >= 15 is 0 Å². The van der Waals surface area contributed by atoms with Gasteiger partial charge in [0, 0.05) is 17.7 Å². The molecule has 100 valence electrons. The second-order valence-corrected chi connectivity index (χ2v) is 6.59. The molecule has 0 spiro atoms. The zero-order valence-corrected chi connectivity index (χ0v) is 11.6. The average molecular weight is 274 g/mol. The first-order chi connectivity index (χ1) is 8.70. The molecule has 19 heavy (non-hydrogen) atoms. The largest absolute Gasteiger partial charge is 0.325 e. The predicted octanol–water partition coefficient (Wildman–Crippen LogP) is 1.94. The maximum atomic E-state index is 13.0. The lowest BCUT2D eigenvalue weighted by atomic mass is 10.2. The molecule has 0 bridgehead atoms. The topological polar surface area (TPSA) is 26.3 Å². The molecule has 2 nitrogen and oxygen atoms in total. The highest BCUT2D eigenvalue weighted by molar-refractivity contribution is 7.74. The van der Waals surface area contributed by atoms with Gasteiger partial charge in [0.15, 0.2) is 0 Å². The summed E-state index contributed by atoms with van der Waals surface area (Å²) < 4.78 is 18.4. The predicted molar refractivity (Wildman–Crippen MR) is 86.1 cm³/mol. The van der Waals surface area contributed by atoms with E-state index in [1.165, 1.54) is 12.7 Å². The molecular formula is C15H20BO2P. The fourth-order valence-electron chi connectivity index (χ4n) is 1.94. The van der Waals surface area contributed by atoms with Gasteiger partial charge in [0.05, 0.1) is 8.41 Å². The van der Waals surface area contributed by atoms with Gasteiger partial charge in [-0.3, -0.25) is 4.57 Å². The van der Waals surface area contributed by atoms with Gasteiger partial charge in [-0.25, -0.2) is 0 Å². The van der Waals surface area contributed by atoms with Gasteiger partial charge in [-0.15, -0.1) is 0 Å².